The lowest BCUT2D eigenvalue weighted by atomic mass is 10.2. The number of imidazole rings is 1. The number of hydrogen-bond donors (Lipinski definition) is 1. The zero-order valence-corrected chi connectivity index (χ0v) is 13.9. The van der Waals surface area contributed by atoms with Crippen molar-refractivity contribution in [3.05, 3.63) is 47.0 Å². The maximum absolute atomic E-state index is 14.1. The van der Waals surface area contributed by atoms with Gasteiger partial charge >= 0.3 is 6.18 Å². The summed E-state index contributed by atoms with van der Waals surface area (Å²) >= 11 is 6.21. The van der Waals surface area contributed by atoms with Gasteiger partial charge in [0.15, 0.2) is 11.8 Å². The minimum absolute atomic E-state index is 0.0641. The van der Waals surface area contributed by atoms with Crippen LogP contribution in [0.15, 0.2) is 30.5 Å². The molecule has 1 aromatic carbocycles. The van der Waals surface area contributed by atoms with Crippen LogP contribution < -0.4 is 0 Å². The summed E-state index contributed by atoms with van der Waals surface area (Å²) in [4.78, 5) is 7.77. The van der Waals surface area contributed by atoms with Crippen molar-refractivity contribution < 1.29 is 17.6 Å². The Hall–Kier alpha value is -2.68. The second-order valence-corrected chi connectivity index (χ2v) is 6.13. The number of H-pyrrole nitrogens is 1. The van der Waals surface area contributed by atoms with Crippen LogP contribution in [-0.2, 0) is 6.18 Å². The first-order valence-corrected chi connectivity index (χ1v) is 7.87. The van der Waals surface area contributed by atoms with E-state index >= 15 is 0 Å². The fourth-order valence-corrected chi connectivity index (χ4v) is 3.05. The predicted molar refractivity (Wildman–Crippen MR) is 88.1 cm³/mol. The van der Waals surface area contributed by atoms with Gasteiger partial charge in [0.05, 0.1) is 22.4 Å². The van der Waals surface area contributed by atoms with E-state index in [4.69, 9.17) is 11.6 Å². The van der Waals surface area contributed by atoms with Crippen molar-refractivity contribution in [1.29, 1.82) is 0 Å². The maximum Gasteiger partial charge on any atom is 0.433 e. The zero-order chi connectivity index (χ0) is 18.6. The Labute approximate surface area is 148 Å². The first-order chi connectivity index (χ1) is 12.3. The largest absolute Gasteiger partial charge is 0.433 e. The van der Waals surface area contributed by atoms with Gasteiger partial charge in [-0.3, -0.25) is 9.67 Å². The Balaban J connectivity index is 2.06. The van der Waals surface area contributed by atoms with Gasteiger partial charge in [0.2, 0.25) is 0 Å². The molecule has 3 aromatic heterocycles. The highest BCUT2D eigenvalue weighted by Gasteiger charge is 2.33. The van der Waals surface area contributed by atoms with Crippen LogP contribution in [-0.4, -0.2) is 24.7 Å². The fraction of sp³-hybridized carbons (Fsp3) is 0.188. The number of aromatic nitrogens is 5. The van der Waals surface area contributed by atoms with Crippen molar-refractivity contribution in [1.82, 2.24) is 24.7 Å². The normalized spacial score (nSPS) is 13.6. The van der Waals surface area contributed by atoms with Gasteiger partial charge in [0, 0.05) is 5.39 Å². The summed E-state index contributed by atoms with van der Waals surface area (Å²) in [7, 11) is 0. The van der Waals surface area contributed by atoms with Crippen LogP contribution in [0.25, 0.3) is 27.8 Å². The Morgan fingerprint density at radius 3 is 2.65 bits per heavy atom. The second-order valence-electron chi connectivity index (χ2n) is 5.72. The molecule has 0 amide bonds. The lowest BCUT2D eigenvalue weighted by Crippen LogP contribution is -2.09. The quantitative estimate of drug-likeness (QED) is 0.495. The van der Waals surface area contributed by atoms with E-state index in [9.17, 15) is 17.6 Å². The van der Waals surface area contributed by atoms with Crippen LogP contribution in [0.2, 0.25) is 5.02 Å². The fourth-order valence-electron chi connectivity index (χ4n) is 2.78. The molecule has 0 saturated carbocycles. The van der Waals surface area contributed by atoms with Gasteiger partial charge in [-0.2, -0.15) is 18.3 Å². The highest BCUT2D eigenvalue weighted by atomic mass is 35.5. The zero-order valence-electron chi connectivity index (χ0n) is 13.1. The number of alkyl halides is 4. The van der Waals surface area contributed by atoms with Gasteiger partial charge < -0.3 is 0 Å². The van der Waals surface area contributed by atoms with E-state index < -0.39 is 18.0 Å². The van der Waals surface area contributed by atoms with E-state index in [1.807, 2.05) is 0 Å². The molecule has 1 N–H and O–H groups in total. The third kappa shape index (κ3) is 2.59. The third-order valence-corrected chi connectivity index (χ3v) is 4.22. The summed E-state index contributed by atoms with van der Waals surface area (Å²) in [5.41, 5.74) is -0.116. The molecule has 26 heavy (non-hydrogen) atoms. The van der Waals surface area contributed by atoms with E-state index in [0.29, 0.717) is 21.6 Å². The van der Waals surface area contributed by atoms with Gasteiger partial charge in [-0.1, -0.05) is 11.6 Å². The molecule has 0 aliphatic heterocycles. The molecule has 0 fully saturated rings. The van der Waals surface area contributed by atoms with E-state index in [2.05, 4.69) is 20.2 Å². The summed E-state index contributed by atoms with van der Waals surface area (Å²) < 4.78 is 54.5. The molecule has 0 radical (unpaired) electrons. The first-order valence-electron chi connectivity index (χ1n) is 7.49. The smallest absolute Gasteiger partial charge is 0.278 e. The van der Waals surface area contributed by atoms with E-state index in [1.165, 1.54) is 29.8 Å². The highest BCUT2D eigenvalue weighted by molar-refractivity contribution is 6.35. The second kappa shape index (κ2) is 5.66. The van der Waals surface area contributed by atoms with Crippen molar-refractivity contribution in [3.63, 3.8) is 0 Å². The molecule has 3 heterocycles. The molecular weight excluding hydrogens is 374 g/mol. The van der Waals surface area contributed by atoms with Gasteiger partial charge in [-0.05, 0) is 31.2 Å². The molecule has 134 valence electrons. The van der Waals surface area contributed by atoms with Crippen LogP contribution in [0.1, 0.15) is 24.6 Å². The summed E-state index contributed by atoms with van der Waals surface area (Å²) in [6.45, 7) is 1.25. The highest BCUT2D eigenvalue weighted by Crippen LogP contribution is 2.33. The monoisotopic (exact) mass is 383 g/mol. The molecule has 4 rings (SSSR count). The van der Waals surface area contributed by atoms with Gasteiger partial charge in [0.25, 0.3) is 0 Å². The maximum atomic E-state index is 14.1. The number of nitrogens with one attached hydrogen (secondary N) is 1. The molecule has 10 heteroatoms. The lowest BCUT2D eigenvalue weighted by molar-refractivity contribution is -0.141. The molecule has 1 unspecified atom stereocenters. The number of fused-ring (bicyclic) bond motifs is 2. The molecule has 0 bridgehead atoms. The van der Waals surface area contributed by atoms with Crippen molar-refractivity contribution in [2.45, 2.75) is 19.3 Å². The van der Waals surface area contributed by atoms with Gasteiger partial charge in [0.1, 0.15) is 17.0 Å². The number of benzene rings is 1. The van der Waals surface area contributed by atoms with Gasteiger partial charge in [-0.15, -0.1) is 0 Å². The minimum Gasteiger partial charge on any atom is -0.278 e. The standard InChI is InChI=1S/C16H10ClF4N5/c1-7(18)14-23-11-2-3-12(16(19,20)21)24-15(11)26(14)9-4-8-6-22-25-13(8)10(17)5-9/h2-7H,1H3,(H,22,25). The Morgan fingerprint density at radius 2 is 1.96 bits per heavy atom. The van der Waals surface area contributed by atoms with Crippen LogP contribution in [0.5, 0.6) is 0 Å². The summed E-state index contributed by atoms with van der Waals surface area (Å²) in [5.74, 6) is -0.0641. The molecular formula is C16H10ClF4N5. The van der Waals surface area contributed by atoms with Crippen molar-refractivity contribution >= 4 is 33.7 Å². The molecule has 0 saturated heterocycles. The molecule has 0 aliphatic carbocycles. The predicted octanol–water partition coefficient (Wildman–Crippen LogP) is 5.00. The third-order valence-electron chi connectivity index (χ3n) is 3.92. The van der Waals surface area contributed by atoms with Crippen molar-refractivity contribution in [3.8, 4) is 5.69 Å². The summed E-state index contributed by atoms with van der Waals surface area (Å²) in [6.07, 6.45) is -4.65. The number of pyridine rings is 1. The number of halogens is 5. The Bertz CT molecular complexity index is 1130. The van der Waals surface area contributed by atoms with E-state index in [1.54, 1.807) is 6.07 Å². The average molecular weight is 384 g/mol. The van der Waals surface area contributed by atoms with Gasteiger partial charge in [-0.25, -0.2) is 14.4 Å². The number of nitrogens with zero attached hydrogens (tertiary/aromatic N) is 4. The Morgan fingerprint density at radius 1 is 1.19 bits per heavy atom. The lowest BCUT2D eigenvalue weighted by Gasteiger charge is -2.11. The molecule has 1 atom stereocenters. The Kier molecular flexibility index (Phi) is 3.65. The number of rotatable bonds is 2. The SMILES string of the molecule is CC(F)c1nc2ccc(C(F)(F)F)nc2n1-c1cc(Cl)c2[nH]ncc2c1. The average Bonchev–Trinajstić information content (AvgIpc) is 3.17. The van der Waals surface area contributed by atoms with Crippen LogP contribution in [0.3, 0.4) is 0 Å². The molecule has 0 aliphatic rings. The number of aromatic amines is 1. The van der Waals surface area contributed by atoms with Crippen LogP contribution in [0.4, 0.5) is 17.6 Å². The molecule has 4 aromatic rings. The van der Waals surface area contributed by atoms with Crippen LogP contribution in [0, 0.1) is 0 Å². The summed E-state index contributed by atoms with van der Waals surface area (Å²) in [5, 5.41) is 7.51. The van der Waals surface area contributed by atoms with Crippen LogP contribution >= 0.6 is 11.6 Å². The first kappa shape index (κ1) is 16.8. The van der Waals surface area contributed by atoms with E-state index in [-0.39, 0.29) is 17.0 Å². The molecule has 5 nitrogen and oxygen atoms in total. The minimum atomic E-state index is -4.63. The molecule has 0 spiro atoms. The summed E-state index contributed by atoms with van der Waals surface area (Å²) in [6, 6.07) is 5.11. The van der Waals surface area contributed by atoms with Crippen molar-refractivity contribution in [2.24, 2.45) is 0 Å². The van der Waals surface area contributed by atoms with Crippen molar-refractivity contribution in [2.75, 3.05) is 0 Å². The topological polar surface area (TPSA) is 59.4 Å². The number of hydrogen-bond acceptors (Lipinski definition) is 3. The van der Waals surface area contributed by atoms with E-state index in [0.717, 1.165) is 6.07 Å².